The fraction of sp³-hybridized carbons (Fsp3) is 0.765. The highest BCUT2D eigenvalue weighted by Crippen LogP contribution is 2.17. The molecule has 0 aromatic heterocycles. The van der Waals surface area contributed by atoms with Gasteiger partial charge in [-0.15, -0.1) is 0 Å². The molecule has 2 atom stereocenters. The van der Waals surface area contributed by atoms with Crippen LogP contribution in [0.25, 0.3) is 0 Å². The third-order valence-electron chi connectivity index (χ3n) is 4.77. The number of likely N-dealkylation sites (N-methyl/N-ethyl adjacent to an activating group) is 2. The van der Waals surface area contributed by atoms with Crippen LogP contribution in [-0.2, 0) is 9.59 Å². The molecule has 0 fully saturated rings. The Morgan fingerprint density at radius 1 is 1.17 bits per heavy atom. The minimum atomic E-state index is -0.684. The van der Waals surface area contributed by atoms with E-state index in [9.17, 15) is 9.59 Å². The largest absolute Gasteiger partial charge is 0.358 e. The smallest absolute Gasteiger partial charge is 0.241 e. The Labute approximate surface area is 145 Å². The molecule has 1 aliphatic heterocycles. The molecule has 1 heterocycles. The van der Waals surface area contributed by atoms with Crippen LogP contribution < -0.4 is 21.3 Å². The number of carbonyl (C=O) groups excluding carboxylic acids is 2. The highest BCUT2D eigenvalue weighted by atomic mass is 16.2. The molecule has 0 bridgehead atoms. The summed E-state index contributed by atoms with van der Waals surface area (Å²) in [5.74, 6) is -0.105. The van der Waals surface area contributed by atoms with E-state index < -0.39 is 11.1 Å². The SMILES string of the molecule is CNC(=O)[C@]1(C)CCC/C=C/CCC[C@](C)(NC)C(=O)NCN1.[HH].[HH].[HH].[HH]. The van der Waals surface area contributed by atoms with Crippen LogP contribution in [0.3, 0.4) is 0 Å². The molecular weight excluding hydrogens is 292 g/mol. The highest BCUT2D eigenvalue weighted by Gasteiger charge is 2.33. The van der Waals surface area contributed by atoms with E-state index in [-0.39, 0.29) is 24.2 Å². The van der Waals surface area contributed by atoms with Crippen molar-refractivity contribution in [3.63, 3.8) is 0 Å². The van der Waals surface area contributed by atoms with Gasteiger partial charge in [-0.1, -0.05) is 12.2 Å². The fourth-order valence-electron chi connectivity index (χ4n) is 2.81. The normalized spacial score (nSPS) is 32.4. The average Bonchev–Trinajstić information content (AvgIpc) is 2.55. The molecule has 1 aliphatic rings. The Balaban J connectivity index is -0.000000661. The molecule has 0 unspecified atom stereocenters. The summed E-state index contributed by atoms with van der Waals surface area (Å²) in [4.78, 5) is 24.6. The number of carbonyl (C=O) groups is 2. The molecule has 4 N–H and O–H groups in total. The Morgan fingerprint density at radius 3 is 2.35 bits per heavy atom. The summed E-state index contributed by atoms with van der Waals surface area (Å²) in [6.45, 7) is 4.07. The number of hydrogen-bond acceptors (Lipinski definition) is 4. The highest BCUT2D eigenvalue weighted by molar-refractivity contribution is 5.87. The average molecular weight is 333 g/mol. The summed E-state index contributed by atoms with van der Waals surface area (Å²) in [5.41, 5.74) is -1.28. The number of hydrogen-bond donors (Lipinski definition) is 4. The second-order valence-electron chi connectivity index (χ2n) is 6.61. The van der Waals surface area contributed by atoms with Gasteiger partial charge in [0.2, 0.25) is 11.8 Å². The zero-order valence-electron chi connectivity index (χ0n) is 14.9. The molecule has 0 radical (unpaired) electrons. The molecule has 6 nitrogen and oxygen atoms in total. The third-order valence-corrected chi connectivity index (χ3v) is 4.77. The molecular formula is C17H40N4O2. The maximum atomic E-state index is 12.5. The summed E-state index contributed by atoms with van der Waals surface area (Å²) < 4.78 is 0. The first kappa shape index (κ1) is 19.6. The van der Waals surface area contributed by atoms with Crippen LogP contribution in [0.5, 0.6) is 0 Å². The molecule has 1 rings (SSSR count). The van der Waals surface area contributed by atoms with Gasteiger partial charge in [-0.2, -0.15) is 0 Å². The van der Waals surface area contributed by atoms with E-state index in [1.165, 1.54) is 0 Å². The van der Waals surface area contributed by atoms with Crippen molar-refractivity contribution < 1.29 is 15.3 Å². The van der Waals surface area contributed by atoms with E-state index in [0.29, 0.717) is 0 Å². The van der Waals surface area contributed by atoms with Gasteiger partial charge in [0.25, 0.3) is 0 Å². The van der Waals surface area contributed by atoms with Crippen molar-refractivity contribution in [2.24, 2.45) is 0 Å². The second-order valence-corrected chi connectivity index (χ2v) is 6.61. The quantitative estimate of drug-likeness (QED) is 0.583. The number of nitrogens with one attached hydrogen (secondary N) is 4. The fourth-order valence-corrected chi connectivity index (χ4v) is 2.81. The summed E-state index contributed by atoms with van der Waals surface area (Å²) in [5, 5.41) is 11.9. The van der Waals surface area contributed by atoms with Crippen LogP contribution in [0.2, 0.25) is 0 Å². The zero-order chi connectivity index (χ0) is 17.3. The van der Waals surface area contributed by atoms with Crippen molar-refractivity contribution in [2.75, 3.05) is 20.8 Å². The molecule has 2 amide bonds. The zero-order valence-corrected chi connectivity index (χ0v) is 14.9. The van der Waals surface area contributed by atoms with Crippen LogP contribution in [0, 0.1) is 0 Å². The summed E-state index contributed by atoms with van der Waals surface area (Å²) >= 11 is 0. The molecule has 0 aliphatic carbocycles. The van der Waals surface area contributed by atoms with E-state index in [4.69, 9.17) is 0 Å². The predicted octanol–water partition coefficient (Wildman–Crippen LogP) is 2.03. The van der Waals surface area contributed by atoms with Crippen molar-refractivity contribution in [3.8, 4) is 0 Å². The number of allylic oxidation sites excluding steroid dienone is 2. The van der Waals surface area contributed by atoms with Gasteiger partial charge in [-0.25, -0.2) is 0 Å². The molecule has 140 valence electrons. The minimum absolute atomic E-state index is 0. The molecule has 0 saturated heterocycles. The van der Waals surface area contributed by atoms with Crippen LogP contribution in [0.4, 0.5) is 0 Å². The molecule has 6 heteroatoms. The number of amides is 2. The molecule has 0 spiro atoms. The standard InChI is InChI=1S/C17H32N4O2.4H2/c1-16(19-4)11-9-7-5-6-8-10-12-17(2,14(22)18-3)21-13-20-15(16)23;;;;/h5-6,19,21H,7-13H2,1-4H3,(H,18,22)(H,20,23);4*1H/b6-5+;;;;/t16-,17-;;;;/m0..../s1. The van der Waals surface area contributed by atoms with Crippen LogP contribution in [-0.4, -0.2) is 43.7 Å². The third kappa shape index (κ3) is 5.62. The number of rotatable bonds is 2. The predicted molar refractivity (Wildman–Crippen MR) is 101 cm³/mol. The van der Waals surface area contributed by atoms with Gasteiger partial charge < -0.3 is 16.0 Å². The van der Waals surface area contributed by atoms with Crippen molar-refractivity contribution in [1.82, 2.24) is 21.3 Å². The molecule has 0 aromatic carbocycles. The topological polar surface area (TPSA) is 82.3 Å². The van der Waals surface area contributed by atoms with Gasteiger partial charge in [0.15, 0.2) is 0 Å². The van der Waals surface area contributed by atoms with Crippen LogP contribution in [0.15, 0.2) is 12.2 Å². The van der Waals surface area contributed by atoms with Gasteiger partial charge in [-0.05, 0) is 59.4 Å². The first-order chi connectivity index (χ1) is 10.9. The lowest BCUT2D eigenvalue weighted by molar-refractivity contribution is -0.129. The molecule has 0 saturated carbocycles. The minimum Gasteiger partial charge on any atom is -0.358 e. The van der Waals surface area contributed by atoms with E-state index in [2.05, 4.69) is 33.4 Å². The van der Waals surface area contributed by atoms with E-state index in [0.717, 1.165) is 38.5 Å². The Morgan fingerprint density at radius 2 is 1.78 bits per heavy atom. The first-order valence-electron chi connectivity index (χ1n) is 8.47. The lowest BCUT2D eigenvalue weighted by Gasteiger charge is -2.32. The van der Waals surface area contributed by atoms with Crippen LogP contribution >= 0.6 is 0 Å². The molecule has 23 heavy (non-hydrogen) atoms. The lowest BCUT2D eigenvalue weighted by Crippen LogP contribution is -2.60. The van der Waals surface area contributed by atoms with Crippen LogP contribution in [0.1, 0.15) is 58.1 Å². The Kier molecular flexibility index (Phi) is 7.72. The van der Waals surface area contributed by atoms with Gasteiger partial charge in [0.1, 0.15) is 0 Å². The van der Waals surface area contributed by atoms with E-state index in [1.807, 2.05) is 13.8 Å². The van der Waals surface area contributed by atoms with Gasteiger partial charge in [0.05, 0.1) is 17.7 Å². The van der Waals surface area contributed by atoms with Crippen molar-refractivity contribution in [2.45, 2.75) is 63.5 Å². The maximum Gasteiger partial charge on any atom is 0.241 e. The Hall–Kier alpha value is -1.40. The first-order valence-corrected chi connectivity index (χ1v) is 8.47. The summed E-state index contributed by atoms with van der Waals surface area (Å²) in [6.07, 6.45) is 9.65. The lowest BCUT2D eigenvalue weighted by atomic mass is 9.92. The second kappa shape index (κ2) is 9.03. The van der Waals surface area contributed by atoms with Gasteiger partial charge >= 0.3 is 0 Å². The monoisotopic (exact) mass is 332 g/mol. The summed E-state index contributed by atoms with van der Waals surface area (Å²) in [7, 11) is 3.44. The Bertz CT molecular complexity index is 455. The van der Waals surface area contributed by atoms with Gasteiger partial charge in [-0.3, -0.25) is 14.9 Å². The van der Waals surface area contributed by atoms with Crippen molar-refractivity contribution >= 4 is 11.8 Å². The van der Waals surface area contributed by atoms with E-state index >= 15 is 0 Å². The maximum absolute atomic E-state index is 12.5. The van der Waals surface area contributed by atoms with Crippen molar-refractivity contribution in [1.29, 1.82) is 0 Å². The molecule has 0 aromatic rings. The van der Waals surface area contributed by atoms with Gasteiger partial charge in [0, 0.05) is 12.8 Å². The summed E-state index contributed by atoms with van der Waals surface area (Å²) in [6, 6.07) is 0. The van der Waals surface area contributed by atoms with Crippen molar-refractivity contribution in [3.05, 3.63) is 12.2 Å². The van der Waals surface area contributed by atoms with E-state index in [1.54, 1.807) is 14.1 Å².